The minimum absolute atomic E-state index is 0.0138. The van der Waals surface area contributed by atoms with Crippen LogP contribution in [0.1, 0.15) is 0 Å². The molecule has 0 aromatic heterocycles. The summed E-state index contributed by atoms with van der Waals surface area (Å²) < 4.78 is 13.0. The van der Waals surface area contributed by atoms with Crippen LogP contribution in [0.5, 0.6) is 0 Å². The van der Waals surface area contributed by atoms with Gasteiger partial charge in [0.25, 0.3) is 5.69 Å². The number of carbonyl (C=O) groups excluding carboxylic acids is 1. The van der Waals surface area contributed by atoms with Gasteiger partial charge in [-0.2, -0.15) is 0 Å². The van der Waals surface area contributed by atoms with E-state index in [2.05, 4.69) is 5.32 Å². The molecule has 0 aliphatic heterocycles. The molecule has 0 unspecified atom stereocenters. The minimum Gasteiger partial charge on any atom is -0.320 e. The fourth-order valence-corrected chi connectivity index (χ4v) is 2.33. The van der Waals surface area contributed by atoms with E-state index in [-0.39, 0.29) is 11.4 Å². The Bertz CT molecular complexity index is 665. The third kappa shape index (κ3) is 4.28. The molecule has 21 heavy (non-hydrogen) atoms. The normalized spacial score (nSPS) is 10.1. The van der Waals surface area contributed by atoms with Gasteiger partial charge in [-0.3, -0.25) is 14.9 Å². The highest BCUT2D eigenvalue weighted by Gasteiger charge is 2.16. The lowest BCUT2D eigenvalue weighted by Gasteiger charge is -2.06. The summed E-state index contributed by atoms with van der Waals surface area (Å²) >= 11 is 1.31. The summed E-state index contributed by atoms with van der Waals surface area (Å²) in [5.74, 6) is -1.00. The molecule has 2 aromatic rings. The van der Waals surface area contributed by atoms with Gasteiger partial charge in [-0.15, -0.1) is 11.8 Å². The summed E-state index contributed by atoms with van der Waals surface area (Å²) in [6, 6.07) is 12.3. The van der Waals surface area contributed by atoms with E-state index in [4.69, 9.17) is 0 Å². The molecule has 2 aromatic carbocycles. The van der Waals surface area contributed by atoms with Gasteiger partial charge in [-0.05, 0) is 24.3 Å². The lowest BCUT2D eigenvalue weighted by atomic mass is 10.2. The maximum absolute atomic E-state index is 13.0. The van der Waals surface area contributed by atoms with E-state index in [0.29, 0.717) is 0 Å². The number of nitrogens with zero attached hydrogens (tertiary/aromatic N) is 1. The fourth-order valence-electron chi connectivity index (χ4n) is 1.61. The molecule has 7 heteroatoms. The Balaban J connectivity index is 2.01. The molecule has 0 atom stereocenters. The maximum Gasteiger partial charge on any atom is 0.295 e. The molecule has 2 rings (SSSR count). The number of rotatable bonds is 5. The summed E-state index contributed by atoms with van der Waals surface area (Å²) in [7, 11) is 0. The number of anilines is 1. The molecule has 0 saturated heterocycles. The summed E-state index contributed by atoms with van der Waals surface area (Å²) in [5, 5.41) is 13.2. The Morgan fingerprint density at radius 2 is 1.95 bits per heavy atom. The van der Waals surface area contributed by atoms with Crippen LogP contribution in [0.4, 0.5) is 15.8 Å². The van der Waals surface area contributed by atoms with Gasteiger partial charge in [0.1, 0.15) is 11.5 Å². The topological polar surface area (TPSA) is 72.2 Å². The molecular weight excluding hydrogens is 295 g/mol. The van der Waals surface area contributed by atoms with Crippen molar-refractivity contribution in [1.82, 2.24) is 0 Å². The summed E-state index contributed by atoms with van der Waals surface area (Å²) in [6.07, 6.45) is 0. The molecule has 0 heterocycles. The third-order valence-electron chi connectivity index (χ3n) is 2.54. The summed E-state index contributed by atoms with van der Waals surface area (Å²) in [6.45, 7) is 0. The Morgan fingerprint density at radius 1 is 1.24 bits per heavy atom. The van der Waals surface area contributed by atoms with Crippen LogP contribution in [-0.4, -0.2) is 16.6 Å². The maximum atomic E-state index is 13.0. The zero-order chi connectivity index (χ0) is 15.2. The first-order valence-corrected chi connectivity index (χ1v) is 6.96. The molecule has 1 N–H and O–H groups in total. The van der Waals surface area contributed by atoms with Crippen molar-refractivity contribution in [1.29, 1.82) is 0 Å². The average molecular weight is 306 g/mol. The largest absolute Gasteiger partial charge is 0.320 e. The van der Waals surface area contributed by atoms with Crippen molar-refractivity contribution < 1.29 is 14.1 Å². The van der Waals surface area contributed by atoms with E-state index < -0.39 is 22.3 Å². The van der Waals surface area contributed by atoms with Crippen LogP contribution in [0.25, 0.3) is 0 Å². The third-order valence-corrected chi connectivity index (χ3v) is 3.56. The number of hydrogen-bond acceptors (Lipinski definition) is 4. The highest BCUT2D eigenvalue weighted by atomic mass is 32.2. The number of nitrogens with one attached hydrogen (secondary N) is 1. The number of benzene rings is 2. The Labute approximate surface area is 124 Å². The lowest BCUT2D eigenvalue weighted by molar-refractivity contribution is -0.384. The predicted octanol–water partition coefficient (Wildman–Crippen LogP) is 3.46. The van der Waals surface area contributed by atoms with Crippen LogP contribution in [0.3, 0.4) is 0 Å². The van der Waals surface area contributed by atoms with Gasteiger partial charge >= 0.3 is 0 Å². The molecule has 0 aliphatic rings. The average Bonchev–Trinajstić information content (AvgIpc) is 2.48. The molecule has 108 valence electrons. The Kier molecular flexibility index (Phi) is 4.89. The molecule has 0 radical (unpaired) electrons. The monoisotopic (exact) mass is 306 g/mol. The first kappa shape index (κ1) is 15.0. The smallest absolute Gasteiger partial charge is 0.295 e. The van der Waals surface area contributed by atoms with Crippen molar-refractivity contribution in [3.05, 3.63) is 64.5 Å². The van der Waals surface area contributed by atoms with Gasteiger partial charge < -0.3 is 5.32 Å². The van der Waals surface area contributed by atoms with E-state index in [1.165, 1.54) is 17.8 Å². The number of hydrogen-bond donors (Lipinski definition) is 1. The van der Waals surface area contributed by atoms with Gasteiger partial charge in [-0.1, -0.05) is 18.2 Å². The van der Waals surface area contributed by atoms with Crippen LogP contribution in [0.15, 0.2) is 53.4 Å². The molecule has 0 spiro atoms. The highest BCUT2D eigenvalue weighted by molar-refractivity contribution is 8.00. The van der Waals surface area contributed by atoms with Crippen molar-refractivity contribution in [3.63, 3.8) is 0 Å². The van der Waals surface area contributed by atoms with Crippen LogP contribution in [0.2, 0.25) is 0 Å². The van der Waals surface area contributed by atoms with Crippen LogP contribution < -0.4 is 5.32 Å². The molecule has 1 amide bonds. The van der Waals surface area contributed by atoms with Crippen molar-refractivity contribution in [2.75, 3.05) is 11.1 Å². The molecule has 0 fully saturated rings. The summed E-state index contributed by atoms with van der Waals surface area (Å²) in [5.41, 5.74) is -0.479. The van der Waals surface area contributed by atoms with Gasteiger partial charge in [0.05, 0.1) is 16.7 Å². The van der Waals surface area contributed by atoms with E-state index in [1.807, 2.05) is 30.3 Å². The Morgan fingerprint density at radius 3 is 2.62 bits per heavy atom. The van der Waals surface area contributed by atoms with Gasteiger partial charge in [0, 0.05) is 4.90 Å². The van der Waals surface area contributed by atoms with Gasteiger partial charge in [-0.25, -0.2) is 4.39 Å². The highest BCUT2D eigenvalue weighted by Crippen LogP contribution is 2.25. The van der Waals surface area contributed by atoms with Crippen LogP contribution in [0, 0.1) is 15.9 Å². The number of nitro benzene ring substituents is 1. The van der Waals surface area contributed by atoms with E-state index in [0.717, 1.165) is 17.0 Å². The van der Waals surface area contributed by atoms with Crippen molar-refractivity contribution in [2.24, 2.45) is 0 Å². The van der Waals surface area contributed by atoms with Crippen LogP contribution in [-0.2, 0) is 4.79 Å². The quantitative estimate of drug-likeness (QED) is 0.521. The standard InChI is InChI=1S/C14H11FN2O3S/c15-10-6-7-12(13(8-10)17(19)20)16-14(18)9-21-11-4-2-1-3-5-11/h1-8H,9H2,(H,16,18). The van der Waals surface area contributed by atoms with Crippen molar-refractivity contribution >= 4 is 29.0 Å². The lowest BCUT2D eigenvalue weighted by Crippen LogP contribution is -2.15. The second kappa shape index (κ2) is 6.85. The molecule has 0 bridgehead atoms. The first-order chi connectivity index (χ1) is 10.1. The number of amides is 1. The van der Waals surface area contributed by atoms with E-state index in [9.17, 15) is 19.3 Å². The molecular formula is C14H11FN2O3S. The Hall–Kier alpha value is -2.41. The number of nitro groups is 1. The predicted molar refractivity (Wildman–Crippen MR) is 78.9 cm³/mol. The zero-order valence-electron chi connectivity index (χ0n) is 10.8. The molecule has 0 aliphatic carbocycles. The number of halogens is 1. The van der Waals surface area contributed by atoms with E-state index in [1.54, 1.807) is 0 Å². The molecule has 0 saturated carbocycles. The second-order valence-electron chi connectivity index (χ2n) is 4.07. The number of carbonyl (C=O) groups is 1. The zero-order valence-corrected chi connectivity index (χ0v) is 11.6. The van der Waals surface area contributed by atoms with Gasteiger partial charge in [0.2, 0.25) is 5.91 Å². The second-order valence-corrected chi connectivity index (χ2v) is 5.12. The number of thioether (sulfide) groups is 1. The summed E-state index contributed by atoms with van der Waals surface area (Å²) in [4.78, 5) is 22.8. The van der Waals surface area contributed by atoms with Crippen molar-refractivity contribution in [2.45, 2.75) is 4.90 Å². The minimum atomic E-state index is -0.733. The first-order valence-electron chi connectivity index (χ1n) is 5.98. The van der Waals surface area contributed by atoms with E-state index >= 15 is 0 Å². The van der Waals surface area contributed by atoms with Crippen molar-refractivity contribution in [3.8, 4) is 0 Å². The van der Waals surface area contributed by atoms with Gasteiger partial charge in [0.15, 0.2) is 0 Å². The SMILES string of the molecule is O=C(CSc1ccccc1)Nc1ccc(F)cc1[N+](=O)[O-]. The molecule has 5 nitrogen and oxygen atoms in total. The van der Waals surface area contributed by atoms with Crippen LogP contribution >= 0.6 is 11.8 Å². The fraction of sp³-hybridized carbons (Fsp3) is 0.0714.